The zero-order chi connectivity index (χ0) is 7.72. The number of hydrogen-bond donors (Lipinski definition) is 2. The van der Waals surface area contributed by atoms with Gasteiger partial charge in [0, 0.05) is 11.8 Å². The molecule has 10 heavy (non-hydrogen) atoms. The van der Waals surface area contributed by atoms with Crippen LogP contribution in [0.3, 0.4) is 0 Å². The van der Waals surface area contributed by atoms with E-state index in [0.717, 1.165) is 0 Å². The largest absolute Gasteiger partial charge is 0.341 e. The zero-order valence-corrected chi connectivity index (χ0v) is 6.57. The SMILES string of the molecule is C=S1NC=C(C(C)=O)C1N. The fourth-order valence-electron chi connectivity index (χ4n) is 0.750. The van der Waals surface area contributed by atoms with Crippen LogP contribution in [0.25, 0.3) is 0 Å². The third-order valence-corrected chi connectivity index (χ3v) is 2.67. The lowest BCUT2D eigenvalue weighted by molar-refractivity contribution is -0.113. The molecular formula is C6H10N2OS. The molecule has 0 spiro atoms. The van der Waals surface area contributed by atoms with Gasteiger partial charge in [-0.3, -0.25) is 4.79 Å². The number of hydrogen-bond acceptors (Lipinski definition) is 3. The summed E-state index contributed by atoms with van der Waals surface area (Å²) in [5, 5.41) is -0.211. The van der Waals surface area contributed by atoms with Crippen LogP contribution in [0.1, 0.15) is 6.92 Å². The number of Topliss-reactive ketones (excluding diaryl/α,β-unsaturated/α-hetero) is 1. The van der Waals surface area contributed by atoms with Gasteiger partial charge in [0.2, 0.25) is 0 Å². The summed E-state index contributed by atoms with van der Waals surface area (Å²) in [6.45, 7) is 1.51. The molecule has 0 aliphatic carbocycles. The van der Waals surface area contributed by atoms with Gasteiger partial charge in [-0.05, 0) is 6.92 Å². The predicted molar refractivity (Wildman–Crippen MR) is 44.6 cm³/mol. The van der Waals surface area contributed by atoms with Crippen LogP contribution in [-0.4, -0.2) is 17.0 Å². The lowest BCUT2D eigenvalue weighted by atomic mass is 10.2. The molecule has 0 radical (unpaired) electrons. The molecule has 0 amide bonds. The van der Waals surface area contributed by atoms with E-state index in [1.165, 1.54) is 6.92 Å². The maximum Gasteiger partial charge on any atom is 0.159 e. The van der Waals surface area contributed by atoms with E-state index < -0.39 is 0 Å². The van der Waals surface area contributed by atoms with E-state index in [1.54, 1.807) is 6.20 Å². The number of rotatable bonds is 1. The van der Waals surface area contributed by atoms with Crippen molar-refractivity contribution in [1.29, 1.82) is 0 Å². The standard InChI is InChI=1S/C6H10N2OS/c1-4(9)5-3-8-10(2)6(5)7/h3,6,8H,2,7H2,1H3. The summed E-state index contributed by atoms with van der Waals surface area (Å²) < 4.78 is 2.91. The van der Waals surface area contributed by atoms with Crippen LogP contribution in [0.5, 0.6) is 0 Å². The summed E-state index contributed by atoms with van der Waals surface area (Å²) in [6.07, 6.45) is 1.66. The molecule has 1 aliphatic rings. The Labute approximate surface area is 62.4 Å². The van der Waals surface area contributed by atoms with Crippen molar-refractivity contribution in [3.05, 3.63) is 11.8 Å². The normalized spacial score (nSPS) is 31.2. The Kier molecular flexibility index (Phi) is 1.92. The smallest absolute Gasteiger partial charge is 0.159 e. The summed E-state index contributed by atoms with van der Waals surface area (Å²) in [7, 11) is -0.304. The minimum atomic E-state index is -0.304. The molecular weight excluding hydrogens is 148 g/mol. The van der Waals surface area contributed by atoms with Crippen molar-refractivity contribution >= 4 is 22.3 Å². The fraction of sp³-hybridized carbons (Fsp3) is 0.333. The Morgan fingerprint density at radius 3 is 2.80 bits per heavy atom. The van der Waals surface area contributed by atoms with Crippen molar-refractivity contribution < 1.29 is 4.79 Å². The lowest BCUT2D eigenvalue weighted by Crippen LogP contribution is -2.21. The Bertz CT molecular complexity index is 222. The molecule has 1 heterocycles. The number of ketones is 1. The third-order valence-electron chi connectivity index (χ3n) is 1.39. The fourth-order valence-corrected chi connectivity index (χ4v) is 1.72. The molecule has 3 nitrogen and oxygen atoms in total. The molecule has 0 saturated carbocycles. The molecule has 0 aromatic carbocycles. The van der Waals surface area contributed by atoms with Gasteiger partial charge in [-0.15, -0.1) is 0 Å². The van der Waals surface area contributed by atoms with Crippen LogP contribution in [0.4, 0.5) is 0 Å². The maximum atomic E-state index is 10.8. The van der Waals surface area contributed by atoms with Gasteiger partial charge in [0.05, 0.1) is 5.37 Å². The predicted octanol–water partition coefficient (Wildman–Crippen LogP) is -0.0368. The average Bonchev–Trinajstić information content (AvgIpc) is 2.14. The highest BCUT2D eigenvalue weighted by Crippen LogP contribution is 2.23. The molecule has 4 heteroatoms. The highest BCUT2D eigenvalue weighted by molar-refractivity contribution is 8.13. The van der Waals surface area contributed by atoms with Gasteiger partial charge in [-0.1, -0.05) is 16.5 Å². The molecule has 0 saturated heterocycles. The van der Waals surface area contributed by atoms with E-state index in [9.17, 15) is 4.79 Å². The van der Waals surface area contributed by atoms with Crippen LogP contribution in [-0.2, 0) is 4.79 Å². The molecule has 0 bridgehead atoms. The van der Waals surface area contributed by atoms with Gasteiger partial charge < -0.3 is 10.5 Å². The first-order valence-electron chi connectivity index (χ1n) is 2.88. The summed E-state index contributed by atoms with van der Waals surface area (Å²) in [6, 6.07) is 0. The second-order valence-corrected chi connectivity index (χ2v) is 3.72. The highest BCUT2D eigenvalue weighted by Gasteiger charge is 2.20. The van der Waals surface area contributed by atoms with Crippen molar-refractivity contribution in [2.45, 2.75) is 12.3 Å². The van der Waals surface area contributed by atoms with Crippen LogP contribution in [0.15, 0.2) is 11.8 Å². The van der Waals surface area contributed by atoms with Crippen molar-refractivity contribution in [3.8, 4) is 0 Å². The highest BCUT2D eigenvalue weighted by atomic mass is 32.2. The van der Waals surface area contributed by atoms with E-state index in [1.807, 2.05) is 0 Å². The van der Waals surface area contributed by atoms with Crippen molar-refractivity contribution in [3.63, 3.8) is 0 Å². The molecule has 56 valence electrons. The Morgan fingerprint density at radius 2 is 2.60 bits per heavy atom. The number of nitrogens with two attached hydrogens (primary N) is 1. The number of nitrogens with one attached hydrogen (secondary N) is 1. The molecule has 0 aromatic rings. The van der Waals surface area contributed by atoms with E-state index >= 15 is 0 Å². The maximum absolute atomic E-state index is 10.8. The monoisotopic (exact) mass is 158 g/mol. The first-order valence-corrected chi connectivity index (χ1v) is 4.34. The first kappa shape index (κ1) is 7.50. The minimum Gasteiger partial charge on any atom is -0.341 e. The number of carbonyl (C=O) groups is 1. The third kappa shape index (κ3) is 1.12. The summed E-state index contributed by atoms with van der Waals surface area (Å²) >= 11 is 0. The first-order chi connectivity index (χ1) is 4.63. The molecule has 2 atom stereocenters. The van der Waals surface area contributed by atoms with E-state index in [2.05, 4.69) is 10.6 Å². The molecule has 0 aromatic heterocycles. The van der Waals surface area contributed by atoms with Gasteiger partial charge >= 0.3 is 0 Å². The molecule has 1 aliphatic heterocycles. The Hall–Kier alpha value is -0.610. The topological polar surface area (TPSA) is 55.1 Å². The molecule has 2 unspecified atom stereocenters. The summed E-state index contributed by atoms with van der Waals surface area (Å²) in [5.74, 6) is 3.77. The van der Waals surface area contributed by atoms with Crippen LogP contribution < -0.4 is 10.5 Å². The molecule has 1 rings (SSSR count). The Morgan fingerprint density at radius 1 is 2.00 bits per heavy atom. The van der Waals surface area contributed by atoms with Crippen molar-refractivity contribution in [2.24, 2.45) is 5.73 Å². The van der Waals surface area contributed by atoms with E-state index in [-0.39, 0.29) is 21.8 Å². The molecule has 0 fully saturated rings. The second kappa shape index (κ2) is 2.56. The van der Waals surface area contributed by atoms with Crippen molar-refractivity contribution in [1.82, 2.24) is 4.72 Å². The van der Waals surface area contributed by atoms with Gasteiger partial charge in [0.1, 0.15) is 0 Å². The summed E-state index contributed by atoms with van der Waals surface area (Å²) in [5.41, 5.74) is 6.27. The van der Waals surface area contributed by atoms with Crippen LogP contribution >= 0.6 is 10.7 Å². The van der Waals surface area contributed by atoms with E-state index in [0.29, 0.717) is 5.57 Å². The van der Waals surface area contributed by atoms with E-state index in [4.69, 9.17) is 5.73 Å². The second-order valence-electron chi connectivity index (χ2n) is 2.12. The van der Waals surface area contributed by atoms with Crippen LogP contribution in [0, 0.1) is 0 Å². The molecule has 3 N–H and O–H groups in total. The van der Waals surface area contributed by atoms with Crippen molar-refractivity contribution in [2.75, 3.05) is 0 Å². The minimum absolute atomic E-state index is 0.0265. The summed E-state index contributed by atoms with van der Waals surface area (Å²) in [4.78, 5) is 10.8. The Balaban J connectivity index is 2.81. The number of carbonyl (C=O) groups excluding carboxylic acids is 1. The average molecular weight is 158 g/mol. The lowest BCUT2D eigenvalue weighted by Gasteiger charge is -2.06. The quantitative estimate of drug-likeness (QED) is 0.527. The van der Waals surface area contributed by atoms with Gasteiger partial charge in [0.15, 0.2) is 5.78 Å². The van der Waals surface area contributed by atoms with Crippen LogP contribution in [0.2, 0.25) is 0 Å². The van der Waals surface area contributed by atoms with Gasteiger partial charge in [-0.25, -0.2) is 0 Å². The van der Waals surface area contributed by atoms with Gasteiger partial charge in [-0.2, -0.15) is 0 Å². The van der Waals surface area contributed by atoms with Gasteiger partial charge in [0.25, 0.3) is 0 Å². The zero-order valence-electron chi connectivity index (χ0n) is 5.76.